The van der Waals surface area contributed by atoms with Crippen LogP contribution in [-0.2, 0) is 11.3 Å². The van der Waals surface area contributed by atoms with Gasteiger partial charge in [-0.3, -0.25) is 4.90 Å². The Labute approximate surface area is 118 Å². The molecule has 106 valence electrons. The van der Waals surface area contributed by atoms with Crippen molar-refractivity contribution >= 4 is 5.97 Å². The smallest absolute Gasteiger partial charge is 0.341 e. The lowest BCUT2D eigenvalue weighted by molar-refractivity contribution is -0.139. The maximum atomic E-state index is 10.6. The van der Waals surface area contributed by atoms with Gasteiger partial charge in [0.1, 0.15) is 5.75 Å². The number of carboxylic acid groups (broad SMARTS) is 1. The van der Waals surface area contributed by atoms with Gasteiger partial charge >= 0.3 is 5.97 Å². The zero-order valence-electron chi connectivity index (χ0n) is 11.3. The average Bonchev–Trinajstić information content (AvgIpc) is 2.46. The number of benzene rings is 1. The van der Waals surface area contributed by atoms with Crippen molar-refractivity contribution in [3.8, 4) is 11.8 Å². The summed E-state index contributed by atoms with van der Waals surface area (Å²) in [7, 11) is 0. The van der Waals surface area contributed by atoms with Crippen LogP contribution in [0.4, 0.5) is 0 Å². The van der Waals surface area contributed by atoms with Crippen LogP contribution in [0.1, 0.15) is 18.4 Å². The van der Waals surface area contributed by atoms with Crippen molar-refractivity contribution in [2.75, 3.05) is 19.7 Å². The fourth-order valence-electron chi connectivity index (χ4n) is 2.46. The molecule has 1 N–H and O–H groups in total. The molecule has 5 nitrogen and oxygen atoms in total. The zero-order valence-corrected chi connectivity index (χ0v) is 11.3. The molecule has 20 heavy (non-hydrogen) atoms. The van der Waals surface area contributed by atoms with Crippen LogP contribution in [0.25, 0.3) is 0 Å². The van der Waals surface area contributed by atoms with Gasteiger partial charge in [0.2, 0.25) is 0 Å². The van der Waals surface area contributed by atoms with E-state index in [-0.39, 0.29) is 12.5 Å². The minimum Gasteiger partial charge on any atom is -0.482 e. The summed E-state index contributed by atoms with van der Waals surface area (Å²) in [6, 6.07) is 9.78. The van der Waals surface area contributed by atoms with Crippen molar-refractivity contribution in [2.24, 2.45) is 5.92 Å². The Bertz CT molecular complexity index is 510. The number of nitriles is 1. The lowest BCUT2D eigenvalue weighted by Gasteiger charge is -2.29. The van der Waals surface area contributed by atoms with E-state index in [1.807, 2.05) is 18.2 Å². The predicted octanol–water partition coefficient (Wildman–Crippen LogP) is 1.89. The van der Waals surface area contributed by atoms with Crippen molar-refractivity contribution in [3.05, 3.63) is 29.8 Å². The minimum atomic E-state index is -0.984. The molecule has 0 radical (unpaired) electrons. The second-order valence-corrected chi connectivity index (χ2v) is 4.99. The van der Waals surface area contributed by atoms with E-state index in [0.29, 0.717) is 12.3 Å². The SMILES string of the molecule is N#CC1CCCN(Cc2ccccc2OCC(=O)O)C1. The normalized spacial score (nSPS) is 19.2. The Balaban J connectivity index is 2.01. The minimum absolute atomic E-state index is 0.0934. The van der Waals surface area contributed by atoms with Crippen LogP contribution in [0.2, 0.25) is 0 Å². The Morgan fingerprint density at radius 3 is 3.05 bits per heavy atom. The fraction of sp³-hybridized carbons (Fsp3) is 0.467. The second kappa shape index (κ2) is 6.92. The molecule has 5 heteroatoms. The molecule has 1 fully saturated rings. The van der Waals surface area contributed by atoms with E-state index >= 15 is 0 Å². The number of likely N-dealkylation sites (tertiary alicyclic amines) is 1. The summed E-state index contributed by atoms with van der Waals surface area (Å²) < 4.78 is 5.30. The van der Waals surface area contributed by atoms with E-state index < -0.39 is 5.97 Å². The molecule has 1 aliphatic heterocycles. The van der Waals surface area contributed by atoms with Crippen LogP contribution in [0.3, 0.4) is 0 Å². The number of piperidine rings is 1. The summed E-state index contributed by atoms with van der Waals surface area (Å²) >= 11 is 0. The van der Waals surface area contributed by atoms with Crippen molar-refractivity contribution in [1.82, 2.24) is 4.90 Å². The van der Waals surface area contributed by atoms with E-state index in [9.17, 15) is 4.79 Å². The van der Waals surface area contributed by atoms with E-state index in [4.69, 9.17) is 15.1 Å². The van der Waals surface area contributed by atoms with Crippen molar-refractivity contribution in [2.45, 2.75) is 19.4 Å². The largest absolute Gasteiger partial charge is 0.482 e. The third-order valence-corrected chi connectivity index (χ3v) is 3.41. The summed E-state index contributed by atoms with van der Waals surface area (Å²) in [6.45, 7) is 2.08. The summed E-state index contributed by atoms with van der Waals surface area (Å²) in [5.74, 6) is -0.285. The first-order valence-electron chi connectivity index (χ1n) is 6.73. The van der Waals surface area contributed by atoms with E-state index in [2.05, 4.69) is 11.0 Å². The molecule has 1 aromatic carbocycles. The molecule has 1 atom stereocenters. The predicted molar refractivity (Wildman–Crippen MR) is 73.2 cm³/mol. The van der Waals surface area contributed by atoms with Crippen LogP contribution < -0.4 is 4.74 Å². The van der Waals surface area contributed by atoms with Crippen molar-refractivity contribution < 1.29 is 14.6 Å². The first-order valence-corrected chi connectivity index (χ1v) is 6.73. The average molecular weight is 274 g/mol. The van der Waals surface area contributed by atoms with Crippen LogP contribution in [0.15, 0.2) is 24.3 Å². The molecular weight excluding hydrogens is 256 g/mol. The first kappa shape index (κ1) is 14.4. The number of carbonyl (C=O) groups is 1. The standard InChI is InChI=1S/C15H18N2O3/c16-8-12-4-3-7-17(9-12)10-13-5-1-2-6-14(13)20-11-15(18)19/h1-2,5-6,12H,3-4,7,9-11H2,(H,18,19). The number of rotatable bonds is 5. The van der Waals surface area contributed by atoms with Gasteiger partial charge in [-0.25, -0.2) is 4.79 Å². The van der Waals surface area contributed by atoms with E-state index in [0.717, 1.165) is 31.5 Å². The Hall–Kier alpha value is -2.06. The highest BCUT2D eigenvalue weighted by Gasteiger charge is 2.20. The van der Waals surface area contributed by atoms with Gasteiger partial charge < -0.3 is 9.84 Å². The van der Waals surface area contributed by atoms with E-state index in [1.54, 1.807) is 6.07 Å². The number of carboxylic acids is 1. The quantitative estimate of drug-likeness (QED) is 0.887. The lowest BCUT2D eigenvalue weighted by Crippen LogP contribution is -2.34. The molecule has 0 amide bonds. The Kier molecular flexibility index (Phi) is 4.97. The van der Waals surface area contributed by atoms with Gasteiger partial charge in [-0.2, -0.15) is 5.26 Å². The molecule has 1 heterocycles. The molecule has 0 aliphatic carbocycles. The second-order valence-electron chi connectivity index (χ2n) is 4.99. The number of aliphatic carboxylic acids is 1. The third kappa shape index (κ3) is 3.97. The van der Waals surface area contributed by atoms with Gasteiger partial charge in [-0.1, -0.05) is 18.2 Å². The monoisotopic (exact) mass is 274 g/mol. The van der Waals surface area contributed by atoms with Gasteiger partial charge in [0, 0.05) is 18.7 Å². The van der Waals surface area contributed by atoms with Crippen LogP contribution >= 0.6 is 0 Å². The van der Waals surface area contributed by atoms with Crippen LogP contribution in [0.5, 0.6) is 5.75 Å². The molecule has 1 aromatic rings. The highest BCUT2D eigenvalue weighted by atomic mass is 16.5. The first-order chi connectivity index (χ1) is 9.69. The van der Waals surface area contributed by atoms with Crippen molar-refractivity contribution in [3.63, 3.8) is 0 Å². The molecule has 1 unspecified atom stereocenters. The van der Waals surface area contributed by atoms with Gasteiger partial charge in [0.25, 0.3) is 0 Å². The highest BCUT2D eigenvalue weighted by molar-refractivity contribution is 5.68. The van der Waals surface area contributed by atoms with Gasteiger partial charge in [-0.15, -0.1) is 0 Å². The molecule has 0 spiro atoms. The number of para-hydroxylation sites is 1. The number of ether oxygens (including phenoxy) is 1. The zero-order chi connectivity index (χ0) is 14.4. The highest BCUT2D eigenvalue weighted by Crippen LogP contribution is 2.23. The van der Waals surface area contributed by atoms with Crippen LogP contribution in [0, 0.1) is 17.2 Å². The molecule has 1 saturated heterocycles. The molecule has 2 rings (SSSR count). The molecule has 1 aliphatic rings. The van der Waals surface area contributed by atoms with Crippen molar-refractivity contribution in [1.29, 1.82) is 5.26 Å². The fourth-order valence-corrected chi connectivity index (χ4v) is 2.46. The topological polar surface area (TPSA) is 73.6 Å². The van der Waals surface area contributed by atoms with E-state index in [1.165, 1.54) is 0 Å². The van der Waals surface area contributed by atoms with Crippen LogP contribution in [-0.4, -0.2) is 35.7 Å². The van der Waals surface area contributed by atoms with Gasteiger partial charge in [0.15, 0.2) is 6.61 Å². The summed E-state index contributed by atoms with van der Waals surface area (Å²) in [5.41, 5.74) is 0.965. The maximum Gasteiger partial charge on any atom is 0.341 e. The van der Waals surface area contributed by atoms with Gasteiger partial charge in [0.05, 0.1) is 12.0 Å². The lowest BCUT2D eigenvalue weighted by atomic mass is 9.99. The Morgan fingerprint density at radius 1 is 1.50 bits per heavy atom. The number of hydrogen-bond acceptors (Lipinski definition) is 4. The molecule has 0 saturated carbocycles. The summed E-state index contributed by atoms with van der Waals surface area (Å²) in [4.78, 5) is 12.8. The number of nitrogens with zero attached hydrogens (tertiary/aromatic N) is 2. The number of hydrogen-bond donors (Lipinski definition) is 1. The summed E-state index contributed by atoms with van der Waals surface area (Å²) in [5, 5.41) is 17.7. The molecular formula is C15H18N2O3. The van der Waals surface area contributed by atoms with Gasteiger partial charge in [-0.05, 0) is 25.5 Å². The third-order valence-electron chi connectivity index (χ3n) is 3.41. The Morgan fingerprint density at radius 2 is 2.30 bits per heavy atom. The maximum absolute atomic E-state index is 10.6. The molecule has 0 aromatic heterocycles. The summed E-state index contributed by atoms with van der Waals surface area (Å²) in [6.07, 6.45) is 1.99. The molecule has 0 bridgehead atoms.